The minimum Gasteiger partial charge on any atom is -0.462 e. The fraction of sp³-hybridized carbons (Fsp3) is 0.231. The molecule has 0 bridgehead atoms. The number of nitrogens with two attached hydrogens (primary N) is 1. The van der Waals surface area contributed by atoms with Crippen molar-refractivity contribution in [3.8, 4) is 0 Å². The van der Waals surface area contributed by atoms with Crippen LogP contribution in [0.2, 0.25) is 0 Å². The van der Waals surface area contributed by atoms with Crippen molar-refractivity contribution in [1.82, 2.24) is 9.55 Å². The molecule has 0 aliphatic carbocycles. The van der Waals surface area contributed by atoms with E-state index in [2.05, 4.69) is 4.98 Å². The Bertz CT molecular complexity index is 595. The highest BCUT2D eigenvalue weighted by atomic mass is 19.1. The van der Waals surface area contributed by atoms with Crippen LogP contribution in [0.1, 0.15) is 16.2 Å². The zero-order valence-electron chi connectivity index (χ0n) is 10.5. The summed E-state index contributed by atoms with van der Waals surface area (Å²) < 4.78 is 20.2. The van der Waals surface area contributed by atoms with Gasteiger partial charge in [-0.1, -0.05) is 0 Å². The molecule has 0 amide bonds. The number of hydrogen-bond acceptors (Lipinski definition) is 4. The van der Waals surface area contributed by atoms with Gasteiger partial charge in [0, 0.05) is 31.5 Å². The standard InChI is InChI=1S/C13H14FN3O2/c1-17-6-5-16-12(17)4-7-19-13(18)10-8-9(15)2-3-11(10)14/h2-3,5-6,8H,4,7,15H2,1H3. The van der Waals surface area contributed by atoms with Crippen LogP contribution in [0.3, 0.4) is 0 Å². The Morgan fingerprint density at radius 3 is 3.00 bits per heavy atom. The quantitative estimate of drug-likeness (QED) is 0.671. The molecule has 0 unspecified atom stereocenters. The molecule has 0 saturated heterocycles. The Morgan fingerprint density at radius 2 is 2.32 bits per heavy atom. The molecular formula is C13H14FN3O2. The molecule has 2 rings (SSSR count). The van der Waals surface area contributed by atoms with Crippen LogP contribution in [0.4, 0.5) is 10.1 Å². The van der Waals surface area contributed by atoms with Gasteiger partial charge in [0.25, 0.3) is 0 Å². The number of ether oxygens (including phenoxy) is 1. The van der Waals surface area contributed by atoms with Crippen LogP contribution in [0.25, 0.3) is 0 Å². The van der Waals surface area contributed by atoms with Crippen LogP contribution in [-0.2, 0) is 18.2 Å². The molecule has 100 valence electrons. The number of aromatic nitrogens is 2. The first kappa shape index (κ1) is 13.1. The molecule has 1 aromatic carbocycles. The Hall–Kier alpha value is -2.37. The minimum atomic E-state index is -0.723. The van der Waals surface area contributed by atoms with E-state index in [-0.39, 0.29) is 12.2 Å². The van der Waals surface area contributed by atoms with E-state index in [1.165, 1.54) is 12.1 Å². The molecule has 1 aromatic heterocycles. The van der Waals surface area contributed by atoms with Gasteiger partial charge in [-0.2, -0.15) is 0 Å². The molecule has 2 N–H and O–H groups in total. The van der Waals surface area contributed by atoms with Crippen LogP contribution in [0, 0.1) is 5.82 Å². The average Bonchev–Trinajstić information content (AvgIpc) is 2.78. The van der Waals surface area contributed by atoms with Crippen LogP contribution >= 0.6 is 0 Å². The average molecular weight is 263 g/mol. The monoisotopic (exact) mass is 263 g/mol. The second kappa shape index (κ2) is 5.51. The van der Waals surface area contributed by atoms with Crippen molar-refractivity contribution in [2.24, 2.45) is 7.05 Å². The number of halogens is 1. The van der Waals surface area contributed by atoms with E-state index >= 15 is 0 Å². The van der Waals surface area contributed by atoms with E-state index in [1.807, 2.05) is 11.6 Å². The van der Waals surface area contributed by atoms with Gasteiger partial charge >= 0.3 is 5.97 Å². The third-order valence-corrected chi connectivity index (χ3v) is 2.69. The predicted molar refractivity (Wildman–Crippen MR) is 68.0 cm³/mol. The number of hydrogen-bond donors (Lipinski definition) is 1. The first-order valence-corrected chi connectivity index (χ1v) is 5.76. The molecule has 0 fully saturated rings. The van der Waals surface area contributed by atoms with Crippen molar-refractivity contribution in [3.05, 3.63) is 47.8 Å². The number of aryl methyl sites for hydroxylation is 1. The second-order valence-corrected chi connectivity index (χ2v) is 4.08. The molecule has 5 nitrogen and oxygen atoms in total. The predicted octanol–water partition coefficient (Wildman–Crippen LogP) is 1.54. The lowest BCUT2D eigenvalue weighted by molar-refractivity contribution is 0.0501. The molecule has 0 spiro atoms. The third-order valence-electron chi connectivity index (χ3n) is 2.69. The van der Waals surface area contributed by atoms with Gasteiger partial charge in [-0.05, 0) is 18.2 Å². The van der Waals surface area contributed by atoms with Gasteiger partial charge < -0.3 is 15.0 Å². The highest BCUT2D eigenvalue weighted by Gasteiger charge is 2.13. The topological polar surface area (TPSA) is 70.1 Å². The lowest BCUT2D eigenvalue weighted by Gasteiger charge is -2.06. The van der Waals surface area contributed by atoms with Crippen LogP contribution in [0.15, 0.2) is 30.6 Å². The van der Waals surface area contributed by atoms with Crippen LogP contribution < -0.4 is 5.73 Å². The summed E-state index contributed by atoms with van der Waals surface area (Å²) in [7, 11) is 1.85. The van der Waals surface area contributed by atoms with Crippen LogP contribution in [-0.4, -0.2) is 22.1 Å². The maximum Gasteiger partial charge on any atom is 0.341 e. The summed E-state index contributed by atoms with van der Waals surface area (Å²) in [6, 6.07) is 3.79. The largest absolute Gasteiger partial charge is 0.462 e. The summed E-state index contributed by atoms with van der Waals surface area (Å²) in [5.74, 6) is -0.573. The highest BCUT2D eigenvalue weighted by Crippen LogP contribution is 2.13. The summed E-state index contributed by atoms with van der Waals surface area (Å²) >= 11 is 0. The van der Waals surface area contributed by atoms with E-state index in [0.29, 0.717) is 12.1 Å². The molecule has 19 heavy (non-hydrogen) atoms. The van der Waals surface area contributed by atoms with E-state index in [1.54, 1.807) is 12.4 Å². The van der Waals surface area contributed by atoms with Crippen LogP contribution in [0.5, 0.6) is 0 Å². The van der Waals surface area contributed by atoms with Crippen molar-refractivity contribution >= 4 is 11.7 Å². The van der Waals surface area contributed by atoms with E-state index in [9.17, 15) is 9.18 Å². The Balaban J connectivity index is 1.94. The Labute approximate surface area is 109 Å². The summed E-state index contributed by atoms with van der Waals surface area (Å²) in [6.07, 6.45) is 3.93. The Kier molecular flexibility index (Phi) is 3.79. The third kappa shape index (κ3) is 3.09. The number of rotatable bonds is 4. The van der Waals surface area contributed by atoms with Gasteiger partial charge in [0.2, 0.25) is 0 Å². The van der Waals surface area contributed by atoms with E-state index in [4.69, 9.17) is 10.5 Å². The van der Waals surface area contributed by atoms with Crippen molar-refractivity contribution in [2.75, 3.05) is 12.3 Å². The first-order valence-electron chi connectivity index (χ1n) is 5.76. The minimum absolute atomic E-state index is 0.137. The zero-order chi connectivity index (χ0) is 13.8. The van der Waals surface area contributed by atoms with E-state index in [0.717, 1.165) is 11.9 Å². The first-order chi connectivity index (χ1) is 9.08. The number of nitrogens with zero attached hydrogens (tertiary/aromatic N) is 2. The molecule has 0 saturated carbocycles. The van der Waals surface area contributed by atoms with E-state index < -0.39 is 11.8 Å². The number of nitrogen functional groups attached to an aromatic ring is 1. The zero-order valence-corrected chi connectivity index (χ0v) is 10.5. The van der Waals surface area contributed by atoms with Crippen molar-refractivity contribution in [2.45, 2.75) is 6.42 Å². The van der Waals surface area contributed by atoms with Crippen molar-refractivity contribution in [1.29, 1.82) is 0 Å². The van der Waals surface area contributed by atoms with Gasteiger partial charge in [0.1, 0.15) is 11.6 Å². The fourth-order valence-corrected chi connectivity index (χ4v) is 1.65. The maximum atomic E-state index is 13.4. The molecule has 0 radical (unpaired) electrons. The summed E-state index contributed by atoms with van der Waals surface area (Å²) in [6.45, 7) is 0.137. The Morgan fingerprint density at radius 1 is 1.53 bits per heavy atom. The summed E-state index contributed by atoms with van der Waals surface area (Å²) in [5, 5.41) is 0. The van der Waals surface area contributed by atoms with Gasteiger partial charge in [-0.15, -0.1) is 0 Å². The van der Waals surface area contributed by atoms with Gasteiger partial charge in [0.05, 0.1) is 12.2 Å². The number of benzene rings is 1. The van der Waals surface area contributed by atoms with Gasteiger partial charge in [-0.3, -0.25) is 0 Å². The lowest BCUT2D eigenvalue weighted by Crippen LogP contribution is -2.12. The molecule has 1 heterocycles. The number of anilines is 1. The summed E-state index contributed by atoms with van der Waals surface area (Å²) in [5.41, 5.74) is 5.67. The molecule has 0 atom stereocenters. The highest BCUT2D eigenvalue weighted by molar-refractivity contribution is 5.90. The van der Waals surface area contributed by atoms with Gasteiger partial charge in [0.15, 0.2) is 0 Å². The lowest BCUT2D eigenvalue weighted by atomic mass is 10.2. The number of esters is 1. The van der Waals surface area contributed by atoms with Crippen molar-refractivity contribution in [3.63, 3.8) is 0 Å². The number of carbonyl (C=O) groups excluding carboxylic acids is 1. The van der Waals surface area contributed by atoms with Crippen molar-refractivity contribution < 1.29 is 13.9 Å². The molecule has 0 aliphatic heterocycles. The molecule has 0 aliphatic rings. The number of carbonyl (C=O) groups is 1. The molecular weight excluding hydrogens is 249 g/mol. The molecule has 6 heteroatoms. The normalized spacial score (nSPS) is 10.4. The SMILES string of the molecule is Cn1ccnc1CCOC(=O)c1cc(N)ccc1F. The summed E-state index contributed by atoms with van der Waals surface area (Å²) in [4.78, 5) is 15.8. The second-order valence-electron chi connectivity index (χ2n) is 4.08. The van der Waals surface area contributed by atoms with Gasteiger partial charge in [-0.25, -0.2) is 14.2 Å². The fourth-order valence-electron chi connectivity index (χ4n) is 1.65. The number of imidazole rings is 1. The smallest absolute Gasteiger partial charge is 0.341 e. The maximum absolute atomic E-state index is 13.4. The molecule has 2 aromatic rings.